The fourth-order valence-electron chi connectivity index (χ4n) is 6.25. The van der Waals surface area contributed by atoms with Crippen LogP contribution in [-0.4, -0.2) is 69.4 Å². The third-order valence-electron chi connectivity index (χ3n) is 8.85. The lowest BCUT2D eigenvalue weighted by Gasteiger charge is -2.27. The van der Waals surface area contributed by atoms with Crippen molar-refractivity contribution in [3.8, 4) is 11.5 Å². The van der Waals surface area contributed by atoms with E-state index in [1.54, 1.807) is 17.2 Å². The Morgan fingerprint density at radius 3 is 2.11 bits per heavy atom. The maximum atomic E-state index is 12.4. The van der Waals surface area contributed by atoms with Crippen molar-refractivity contribution < 1.29 is 37.9 Å². The van der Waals surface area contributed by atoms with E-state index in [0.29, 0.717) is 36.7 Å². The Bertz CT molecular complexity index is 1150. The van der Waals surface area contributed by atoms with Crippen molar-refractivity contribution in [2.24, 2.45) is 0 Å². The molecule has 254 valence electrons. The number of hydrogen-bond acceptors (Lipinski definition) is 10. The van der Waals surface area contributed by atoms with Gasteiger partial charge in [-0.2, -0.15) is 0 Å². The molecule has 3 N–H and O–H groups in total. The third kappa shape index (κ3) is 11.1. The molecule has 0 saturated carbocycles. The minimum Gasteiger partial charge on any atom is -0.463 e. The van der Waals surface area contributed by atoms with Crippen LogP contribution in [0.1, 0.15) is 115 Å². The zero-order valence-electron chi connectivity index (χ0n) is 26.9. The van der Waals surface area contributed by atoms with E-state index in [1.165, 1.54) is 89.8 Å². The van der Waals surface area contributed by atoms with Gasteiger partial charge >= 0.3 is 7.82 Å². The van der Waals surface area contributed by atoms with E-state index in [4.69, 9.17) is 18.2 Å². The summed E-state index contributed by atoms with van der Waals surface area (Å²) in [6, 6.07) is 3.60. The zero-order chi connectivity index (χ0) is 31.9. The molecule has 0 radical (unpaired) electrons. The smallest absolute Gasteiger partial charge is 0.463 e. The topological polar surface area (TPSA) is 148 Å². The number of anilines is 1. The second-order valence-electron chi connectivity index (χ2n) is 12.4. The number of aliphatic hydroxyl groups excluding tert-OH is 2. The zero-order valence-corrected chi connectivity index (χ0v) is 27.8. The summed E-state index contributed by atoms with van der Waals surface area (Å²) < 4.78 is 34.2. The van der Waals surface area contributed by atoms with Crippen LogP contribution in [0.5, 0.6) is 0 Å². The number of aromatic nitrogens is 2. The van der Waals surface area contributed by atoms with E-state index in [9.17, 15) is 19.7 Å². The van der Waals surface area contributed by atoms with Crippen LogP contribution >= 0.6 is 7.82 Å². The quantitative estimate of drug-likeness (QED) is 0.0848. The van der Waals surface area contributed by atoms with Gasteiger partial charge in [-0.3, -0.25) is 9.05 Å². The molecule has 0 spiro atoms. The predicted octanol–water partition coefficient (Wildman–Crippen LogP) is 6.94. The molecule has 2 unspecified atom stereocenters. The highest BCUT2D eigenvalue weighted by molar-refractivity contribution is 7.47. The average molecular weight is 652 g/mol. The Morgan fingerprint density at radius 1 is 0.889 bits per heavy atom. The number of aliphatic hydroxyl groups is 2. The highest BCUT2D eigenvalue weighted by atomic mass is 31.2. The first kappa shape index (κ1) is 36.0. The van der Waals surface area contributed by atoms with Gasteiger partial charge in [0, 0.05) is 12.1 Å². The summed E-state index contributed by atoms with van der Waals surface area (Å²) in [6.07, 6.45) is 19.1. The predicted molar refractivity (Wildman–Crippen MR) is 173 cm³/mol. The summed E-state index contributed by atoms with van der Waals surface area (Å²) in [7, 11) is -4.33. The van der Waals surface area contributed by atoms with Crippen LogP contribution in [0.3, 0.4) is 0 Å². The number of phosphoric ester groups is 1. The third-order valence-corrected chi connectivity index (χ3v) is 9.83. The van der Waals surface area contributed by atoms with Crippen LogP contribution in [0.2, 0.25) is 0 Å². The molecule has 2 aliphatic heterocycles. The molecule has 2 aromatic rings. The van der Waals surface area contributed by atoms with Gasteiger partial charge in [0.1, 0.15) is 36.2 Å². The molecule has 12 heteroatoms. The molecule has 1 fully saturated rings. The van der Waals surface area contributed by atoms with E-state index in [-0.39, 0.29) is 6.61 Å². The number of fused-ring (bicyclic) bond motifs is 1. The van der Waals surface area contributed by atoms with Crippen LogP contribution < -0.4 is 4.90 Å². The SMILES string of the molecule is CCCCCCCCCCCCCCCCCCOP(=O)(O)OC[C@H]1O[C@@H](N2CCc3c(-c4ccco4)ncnc32)[C@@H](O)C1O. The van der Waals surface area contributed by atoms with Crippen molar-refractivity contribution >= 4 is 13.6 Å². The van der Waals surface area contributed by atoms with Gasteiger partial charge in [-0.1, -0.05) is 103 Å². The highest BCUT2D eigenvalue weighted by Crippen LogP contribution is 2.44. The summed E-state index contributed by atoms with van der Waals surface area (Å²) >= 11 is 0. The molecule has 0 aliphatic carbocycles. The Morgan fingerprint density at radius 2 is 1.51 bits per heavy atom. The van der Waals surface area contributed by atoms with Gasteiger partial charge in [0.05, 0.1) is 19.5 Å². The largest absolute Gasteiger partial charge is 0.472 e. The van der Waals surface area contributed by atoms with Crippen LogP contribution in [0.15, 0.2) is 29.1 Å². The first-order chi connectivity index (χ1) is 21.9. The van der Waals surface area contributed by atoms with E-state index in [0.717, 1.165) is 18.4 Å². The second kappa shape index (κ2) is 19.1. The molecular weight excluding hydrogens is 597 g/mol. The first-order valence-electron chi connectivity index (χ1n) is 17.2. The fraction of sp³-hybridized carbons (Fsp3) is 0.758. The van der Waals surface area contributed by atoms with Gasteiger partial charge in [-0.15, -0.1) is 0 Å². The van der Waals surface area contributed by atoms with Crippen molar-refractivity contribution in [2.75, 3.05) is 24.7 Å². The number of unbranched alkanes of at least 4 members (excludes halogenated alkanes) is 15. The number of nitrogens with zero attached hydrogens (tertiary/aromatic N) is 3. The van der Waals surface area contributed by atoms with E-state index in [2.05, 4.69) is 16.9 Å². The summed E-state index contributed by atoms with van der Waals surface area (Å²) in [5, 5.41) is 21.4. The number of phosphoric acid groups is 1. The molecule has 2 aliphatic rings. The molecule has 0 amide bonds. The molecule has 11 nitrogen and oxygen atoms in total. The van der Waals surface area contributed by atoms with Crippen molar-refractivity contribution in [1.29, 1.82) is 0 Å². The second-order valence-corrected chi connectivity index (χ2v) is 13.8. The molecule has 4 heterocycles. The molecule has 0 bridgehead atoms. The monoisotopic (exact) mass is 651 g/mol. The molecule has 4 rings (SSSR count). The van der Waals surface area contributed by atoms with E-state index >= 15 is 0 Å². The Balaban J connectivity index is 1.05. The lowest BCUT2D eigenvalue weighted by Crippen LogP contribution is -2.43. The molecule has 45 heavy (non-hydrogen) atoms. The molecule has 0 aromatic carbocycles. The van der Waals surface area contributed by atoms with E-state index < -0.39 is 39.0 Å². The average Bonchev–Trinajstić information content (AvgIpc) is 3.78. The first-order valence-corrected chi connectivity index (χ1v) is 18.7. The van der Waals surface area contributed by atoms with Gasteiger partial charge in [-0.25, -0.2) is 14.5 Å². The Hall–Kier alpha value is -1.85. The van der Waals surface area contributed by atoms with Crippen LogP contribution in [-0.2, 0) is 24.8 Å². The Labute approximate surface area is 268 Å². The highest BCUT2D eigenvalue weighted by Gasteiger charge is 2.48. The standard InChI is InChI=1S/C33H54N3O8P/c1-2-3-4-5-6-7-8-9-10-11-12-13-14-15-16-17-23-42-45(39,40)43-24-28-30(37)31(38)33(44-28)36-21-20-26-29(27-19-18-22-41-27)34-25-35-32(26)36/h18-19,22,25,28,30-31,33,37-38H,2-17,20-21,23-24H2,1H3,(H,39,40)/t28-,30?,31+,33-/m1/s1. The van der Waals surface area contributed by atoms with Crippen LogP contribution in [0.25, 0.3) is 11.5 Å². The van der Waals surface area contributed by atoms with Gasteiger partial charge in [0.25, 0.3) is 0 Å². The van der Waals surface area contributed by atoms with Crippen molar-refractivity contribution in [1.82, 2.24) is 9.97 Å². The summed E-state index contributed by atoms with van der Waals surface area (Å²) in [4.78, 5) is 20.7. The minimum atomic E-state index is -4.33. The van der Waals surface area contributed by atoms with Crippen LogP contribution in [0, 0.1) is 0 Å². The number of furan rings is 1. The summed E-state index contributed by atoms with van der Waals surface area (Å²) in [5.41, 5.74) is 1.53. The molecule has 1 saturated heterocycles. The number of hydrogen-bond donors (Lipinski definition) is 3. The lowest BCUT2D eigenvalue weighted by molar-refractivity contribution is -0.0238. The summed E-state index contributed by atoms with van der Waals surface area (Å²) in [6.45, 7) is 2.47. The fourth-order valence-corrected chi connectivity index (χ4v) is 7.02. The number of ether oxygens (including phenoxy) is 1. The summed E-state index contributed by atoms with van der Waals surface area (Å²) in [5.74, 6) is 1.21. The van der Waals surface area contributed by atoms with Crippen molar-refractivity contribution in [3.63, 3.8) is 0 Å². The van der Waals surface area contributed by atoms with Gasteiger partial charge in [0.2, 0.25) is 0 Å². The normalized spacial score (nSPS) is 22.6. The molecule has 5 atom stereocenters. The molecule has 2 aromatic heterocycles. The number of rotatable bonds is 23. The minimum absolute atomic E-state index is 0.119. The van der Waals surface area contributed by atoms with Crippen molar-refractivity contribution in [3.05, 3.63) is 30.3 Å². The van der Waals surface area contributed by atoms with Gasteiger partial charge < -0.3 is 29.2 Å². The molecular formula is C33H54N3O8P. The maximum absolute atomic E-state index is 12.4. The van der Waals surface area contributed by atoms with Crippen molar-refractivity contribution in [2.45, 2.75) is 141 Å². The van der Waals surface area contributed by atoms with Gasteiger partial charge in [0.15, 0.2) is 12.0 Å². The maximum Gasteiger partial charge on any atom is 0.472 e. The van der Waals surface area contributed by atoms with E-state index in [1.807, 2.05) is 6.07 Å². The lowest BCUT2D eigenvalue weighted by atomic mass is 10.0. The van der Waals surface area contributed by atoms with Crippen LogP contribution in [0.4, 0.5) is 5.82 Å². The van der Waals surface area contributed by atoms with Gasteiger partial charge in [-0.05, 0) is 25.0 Å². The Kier molecular flexibility index (Phi) is 15.3.